The topological polar surface area (TPSA) is 93.7 Å². The molecule has 2 amide bonds. The summed E-state index contributed by atoms with van der Waals surface area (Å²) in [7, 11) is 0. The third-order valence-corrected chi connectivity index (χ3v) is 5.71. The van der Waals surface area contributed by atoms with E-state index in [1.807, 2.05) is 24.3 Å². The highest BCUT2D eigenvalue weighted by Crippen LogP contribution is 2.44. The fourth-order valence-electron chi connectivity index (χ4n) is 4.14. The molecule has 182 valence electrons. The van der Waals surface area contributed by atoms with Crippen LogP contribution in [0.25, 0.3) is 11.1 Å². The third kappa shape index (κ3) is 6.83. The second-order valence-corrected chi connectivity index (χ2v) is 9.56. The van der Waals surface area contributed by atoms with Crippen LogP contribution >= 0.6 is 0 Å². The standard InChI is InChI=1S/C27H34N2O5/c1-18(30)24(15-9-10-16-28-25(31)34-27(2,3)4)29-26(32)33-17-23-21-13-7-5-11-19(21)20-12-6-8-14-22(20)23/h5-8,11-14,23-24H,9-10,15-17H2,1-4H3,(H,28,31)(H,29,32)/t24-/m0/s1. The zero-order valence-electron chi connectivity index (χ0n) is 20.4. The number of carbonyl (C=O) groups is 3. The number of hydrogen-bond acceptors (Lipinski definition) is 5. The lowest BCUT2D eigenvalue weighted by atomic mass is 9.98. The fourth-order valence-corrected chi connectivity index (χ4v) is 4.14. The predicted molar refractivity (Wildman–Crippen MR) is 131 cm³/mol. The Bertz CT molecular complexity index is 982. The number of ether oxygens (including phenoxy) is 2. The van der Waals surface area contributed by atoms with E-state index >= 15 is 0 Å². The van der Waals surface area contributed by atoms with Crippen molar-refractivity contribution >= 4 is 18.0 Å². The lowest BCUT2D eigenvalue weighted by Crippen LogP contribution is -2.40. The zero-order chi connectivity index (χ0) is 24.7. The fraction of sp³-hybridized carbons (Fsp3) is 0.444. The number of benzene rings is 2. The minimum Gasteiger partial charge on any atom is -0.449 e. The number of Topliss-reactive ketones (excluding diaryl/α,β-unsaturated/α-hetero) is 1. The number of amides is 2. The van der Waals surface area contributed by atoms with Crippen molar-refractivity contribution in [2.24, 2.45) is 0 Å². The highest BCUT2D eigenvalue weighted by atomic mass is 16.6. The normalized spacial score (nSPS) is 13.4. The summed E-state index contributed by atoms with van der Waals surface area (Å²) in [5.74, 6) is -0.165. The summed E-state index contributed by atoms with van der Waals surface area (Å²) >= 11 is 0. The molecule has 0 radical (unpaired) electrons. The van der Waals surface area contributed by atoms with Gasteiger partial charge in [0, 0.05) is 12.5 Å². The van der Waals surface area contributed by atoms with Gasteiger partial charge in [-0.05, 0) is 69.2 Å². The maximum Gasteiger partial charge on any atom is 0.407 e. The molecule has 7 heteroatoms. The minimum atomic E-state index is -0.628. The summed E-state index contributed by atoms with van der Waals surface area (Å²) in [6, 6.07) is 15.6. The Morgan fingerprint density at radius 1 is 0.912 bits per heavy atom. The van der Waals surface area contributed by atoms with Crippen LogP contribution in [0.2, 0.25) is 0 Å². The lowest BCUT2D eigenvalue weighted by Gasteiger charge is -2.20. The highest BCUT2D eigenvalue weighted by molar-refractivity contribution is 5.85. The molecule has 0 aliphatic heterocycles. The van der Waals surface area contributed by atoms with Gasteiger partial charge < -0.3 is 20.1 Å². The molecule has 0 spiro atoms. The summed E-state index contributed by atoms with van der Waals surface area (Å²) in [6.07, 6.45) is 0.718. The Balaban J connectivity index is 1.46. The molecule has 34 heavy (non-hydrogen) atoms. The van der Waals surface area contributed by atoms with Gasteiger partial charge in [-0.1, -0.05) is 48.5 Å². The van der Waals surface area contributed by atoms with Crippen LogP contribution in [0.15, 0.2) is 48.5 Å². The second-order valence-electron chi connectivity index (χ2n) is 9.56. The number of rotatable bonds is 9. The molecule has 2 aromatic rings. The van der Waals surface area contributed by atoms with Gasteiger partial charge in [0.2, 0.25) is 0 Å². The van der Waals surface area contributed by atoms with Crippen molar-refractivity contribution in [1.29, 1.82) is 0 Å². The Hall–Kier alpha value is -3.35. The van der Waals surface area contributed by atoms with Gasteiger partial charge in [0.05, 0.1) is 6.04 Å². The Kier molecular flexibility index (Phi) is 8.31. The number of unbranched alkanes of at least 4 members (excludes halogenated alkanes) is 1. The predicted octanol–water partition coefficient (Wildman–Crippen LogP) is 5.18. The van der Waals surface area contributed by atoms with Gasteiger partial charge in [-0.15, -0.1) is 0 Å². The lowest BCUT2D eigenvalue weighted by molar-refractivity contribution is -0.119. The number of alkyl carbamates (subject to hydrolysis) is 2. The van der Waals surface area contributed by atoms with E-state index in [-0.39, 0.29) is 18.3 Å². The number of nitrogens with one attached hydrogen (secondary N) is 2. The molecule has 0 unspecified atom stereocenters. The molecule has 0 heterocycles. The molecule has 7 nitrogen and oxygen atoms in total. The molecule has 1 aliphatic carbocycles. The van der Waals surface area contributed by atoms with E-state index in [0.29, 0.717) is 25.8 Å². The zero-order valence-corrected chi connectivity index (χ0v) is 20.4. The van der Waals surface area contributed by atoms with Crippen molar-refractivity contribution in [3.63, 3.8) is 0 Å². The molecule has 0 saturated carbocycles. The van der Waals surface area contributed by atoms with Crippen molar-refractivity contribution in [3.8, 4) is 11.1 Å². The van der Waals surface area contributed by atoms with Gasteiger partial charge in [0.1, 0.15) is 12.2 Å². The molecular formula is C27H34N2O5. The van der Waals surface area contributed by atoms with E-state index < -0.39 is 23.8 Å². The average Bonchev–Trinajstić information content (AvgIpc) is 3.09. The summed E-state index contributed by atoms with van der Waals surface area (Å²) in [5, 5.41) is 5.39. The van der Waals surface area contributed by atoms with Crippen LogP contribution in [0.1, 0.15) is 64.0 Å². The van der Waals surface area contributed by atoms with Crippen molar-refractivity contribution < 1.29 is 23.9 Å². The third-order valence-electron chi connectivity index (χ3n) is 5.71. The Morgan fingerprint density at radius 2 is 1.50 bits per heavy atom. The SMILES string of the molecule is CC(=O)[C@H](CCCCNC(=O)OC(C)(C)C)NC(=O)OCC1c2ccccc2-c2ccccc21. The van der Waals surface area contributed by atoms with E-state index in [1.165, 1.54) is 6.92 Å². The molecular weight excluding hydrogens is 432 g/mol. The van der Waals surface area contributed by atoms with E-state index in [2.05, 4.69) is 34.9 Å². The summed E-state index contributed by atoms with van der Waals surface area (Å²) < 4.78 is 10.7. The number of fused-ring (bicyclic) bond motifs is 3. The van der Waals surface area contributed by atoms with Crippen LogP contribution in [0.4, 0.5) is 9.59 Å². The molecule has 1 aliphatic rings. The van der Waals surface area contributed by atoms with Gasteiger partial charge in [-0.25, -0.2) is 9.59 Å². The average molecular weight is 467 g/mol. The number of hydrogen-bond donors (Lipinski definition) is 2. The van der Waals surface area contributed by atoms with Gasteiger partial charge >= 0.3 is 12.2 Å². The molecule has 0 fully saturated rings. The van der Waals surface area contributed by atoms with Crippen molar-refractivity contribution in [3.05, 3.63) is 59.7 Å². The molecule has 3 rings (SSSR count). The van der Waals surface area contributed by atoms with Crippen LogP contribution in [0.5, 0.6) is 0 Å². The van der Waals surface area contributed by atoms with Gasteiger partial charge in [-0.2, -0.15) is 0 Å². The Morgan fingerprint density at radius 3 is 2.06 bits per heavy atom. The monoisotopic (exact) mass is 466 g/mol. The maximum absolute atomic E-state index is 12.5. The summed E-state index contributed by atoms with van der Waals surface area (Å²) in [6.45, 7) is 7.50. The van der Waals surface area contributed by atoms with Crippen LogP contribution in [0, 0.1) is 0 Å². The highest BCUT2D eigenvalue weighted by Gasteiger charge is 2.29. The maximum atomic E-state index is 12.5. The molecule has 2 aromatic carbocycles. The van der Waals surface area contributed by atoms with Gasteiger partial charge in [0.15, 0.2) is 5.78 Å². The first-order chi connectivity index (χ1) is 16.2. The minimum absolute atomic E-state index is 0.0344. The van der Waals surface area contributed by atoms with E-state index in [0.717, 1.165) is 22.3 Å². The van der Waals surface area contributed by atoms with Crippen molar-refractivity contribution in [1.82, 2.24) is 10.6 Å². The van der Waals surface area contributed by atoms with E-state index in [9.17, 15) is 14.4 Å². The quantitative estimate of drug-likeness (QED) is 0.497. The van der Waals surface area contributed by atoms with E-state index in [1.54, 1.807) is 20.8 Å². The van der Waals surface area contributed by atoms with Crippen LogP contribution in [-0.2, 0) is 14.3 Å². The first kappa shape index (κ1) is 25.3. The Labute approximate surface area is 201 Å². The van der Waals surface area contributed by atoms with Crippen LogP contribution in [0.3, 0.4) is 0 Å². The first-order valence-corrected chi connectivity index (χ1v) is 11.7. The smallest absolute Gasteiger partial charge is 0.407 e. The molecule has 0 aromatic heterocycles. The van der Waals surface area contributed by atoms with Crippen LogP contribution in [-0.4, -0.2) is 42.8 Å². The van der Waals surface area contributed by atoms with Crippen molar-refractivity contribution in [2.45, 2.75) is 64.5 Å². The first-order valence-electron chi connectivity index (χ1n) is 11.7. The second kappa shape index (κ2) is 11.2. The van der Waals surface area contributed by atoms with Crippen LogP contribution < -0.4 is 10.6 Å². The summed E-state index contributed by atoms with van der Waals surface area (Å²) in [5.41, 5.74) is 4.05. The number of ketones is 1. The van der Waals surface area contributed by atoms with Crippen molar-refractivity contribution in [2.75, 3.05) is 13.2 Å². The molecule has 0 bridgehead atoms. The van der Waals surface area contributed by atoms with E-state index in [4.69, 9.17) is 9.47 Å². The van der Waals surface area contributed by atoms with Gasteiger partial charge in [0.25, 0.3) is 0 Å². The molecule has 0 saturated heterocycles. The molecule has 2 N–H and O–H groups in total. The largest absolute Gasteiger partial charge is 0.449 e. The molecule has 1 atom stereocenters. The number of carbonyl (C=O) groups excluding carboxylic acids is 3. The summed E-state index contributed by atoms with van der Waals surface area (Å²) in [4.78, 5) is 36.2. The van der Waals surface area contributed by atoms with Gasteiger partial charge in [-0.3, -0.25) is 4.79 Å².